The van der Waals surface area contributed by atoms with Crippen LogP contribution in [0.2, 0.25) is 20.1 Å². The number of carbonyl (C=O) groups excluding carboxylic acids is 2. The van der Waals surface area contributed by atoms with E-state index >= 15 is 0 Å². The number of halogens is 4. The molecular formula is C17H12Cl4N2O4. The number of rotatable bonds is 5. The Morgan fingerprint density at radius 1 is 0.852 bits per heavy atom. The highest BCUT2D eigenvalue weighted by molar-refractivity contribution is 6.52. The number of carboxylic acids is 1. The largest absolute Gasteiger partial charge is 0.481 e. The fraction of sp³-hybridized carbons (Fsp3) is 0.118. The fourth-order valence-corrected chi connectivity index (χ4v) is 2.95. The summed E-state index contributed by atoms with van der Waals surface area (Å²) in [7, 11) is 0. The predicted octanol–water partition coefficient (Wildman–Crippen LogP) is 4.89. The summed E-state index contributed by atoms with van der Waals surface area (Å²) in [5.41, 5.74) is 1.07. The minimum atomic E-state index is -1.02. The zero-order chi connectivity index (χ0) is 20.1. The lowest BCUT2D eigenvalue weighted by Gasteiger charge is -2.12. The van der Waals surface area contributed by atoms with Crippen LogP contribution in [-0.4, -0.2) is 22.9 Å². The van der Waals surface area contributed by atoms with Gasteiger partial charge in [-0.25, -0.2) is 0 Å². The molecule has 2 aromatic rings. The van der Waals surface area contributed by atoms with Gasteiger partial charge in [-0.3, -0.25) is 14.4 Å². The van der Waals surface area contributed by atoms with E-state index in [1.54, 1.807) is 24.3 Å². The lowest BCUT2D eigenvalue weighted by atomic mass is 10.1. The molecule has 0 unspecified atom stereocenters. The van der Waals surface area contributed by atoms with Gasteiger partial charge in [0.05, 0.1) is 25.8 Å². The highest BCUT2D eigenvalue weighted by Gasteiger charge is 2.20. The Morgan fingerprint density at radius 2 is 1.37 bits per heavy atom. The first-order chi connectivity index (χ1) is 12.7. The lowest BCUT2D eigenvalue weighted by Crippen LogP contribution is -2.29. The maximum atomic E-state index is 12.1. The molecule has 0 saturated heterocycles. The molecule has 0 fully saturated rings. The Balaban J connectivity index is 2.04. The van der Waals surface area contributed by atoms with Gasteiger partial charge in [0.25, 0.3) is 0 Å². The topological polar surface area (TPSA) is 95.5 Å². The van der Waals surface area contributed by atoms with Crippen LogP contribution in [0.4, 0.5) is 11.4 Å². The standard InChI is InChI=1S/C17H12Cl4N2O4/c18-10-7-11(19)14(21)15(13(10)20)23-17(27)16(26)22-9-4-1-8(2-5-9)3-6-12(24)25/h1-2,4-5,7H,3,6H2,(H,22,26)(H,23,27)(H,24,25). The number of carbonyl (C=O) groups is 3. The van der Waals surface area contributed by atoms with Gasteiger partial charge in [0, 0.05) is 12.1 Å². The normalized spacial score (nSPS) is 10.4. The summed E-state index contributed by atoms with van der Waals surface area (Å²) >= 11 is 23.7. The summed E-state index contributed by atoms with van der Waals surface area (Å²) < 4.78 is 0. The molecule has 3 N–H and O–H groups in total. The molecule has 10 heteroatoms. The minimum absolute atomic E-state index is 0.00216. The molecule has 0 radical (unpaired) electrons. The molecule has 0 aromatic heterocycles. The zero-order valence-corrected chi connectivity index (χ0v) is 16.5. The summed E-state index contributed by atoms with van der Waals surface area (Å²) in [5.74, 6) is -2.88. The second kappa shape index (κ2) is 9.28. The van der Waals surface area contributed by atoms with Crippen LogP contribution in [-0.2, 0) is 20.8 Å². The van der Waals surface area contributed by atoms with Crippen LogP contribution >= 0.6 is 46.4 Å². The minimum Gasteiger partial charge on any atom is -0.481 e. The highest BCUT2D eigenvalue weighted by Crippen LogP contribution is 2.40. The molecule has 2 rings (SSSR count). The number of hydrogen-bond donors (Lipinski definition) is 3. The third-order valence-electron chi connectivity index (χ3n) is 3.40. The van der Waals surface area contributed by atoms with Gasteiger partial charge in [0.15, 0.2) is 0 Å². The first kappa shape index (κ1) is 21.3. The molecule has 2 aromatic carbocycles. The van der Waals surface area contributed by atoms with Crippen molar-refractivity contribution >= 4 is 75.6 Å². The third-order valence-corrected chi connectivity index (χ3v) is 4.97. The van der Waals surface area contributed by atoms with E-state index in [0.29, 0.717) is 12.1 Å². The van der Waals surface area contributed by atoms with Crippen LogP contribution in [0.1, 0.15) is 12.0 Å². The van der Waals surface area contributed by atoms with Gasteiger partial charge in [0.1, 0.15) is 0 Å². The zero-order valence-electron chi connectivity index (χ0n) is 13.5. The van der Waals surface area contributed by atoms with Crippen molar-refractivity contribution in [1.82, 2.24) is 0 Å². The van der Waals surface area contributed by atoms with Gasteiger partial charge in [-0.15, -0.1) is 0 Å². The van der Waals surface area contributed by atoms with Crippen LogP contribution in [0.25, 0.3) is 0 Å². The van der Waals surface area contributed by atoms with E-state index in [-0.39, 0.29) is 32.2 Å². The summed E-state index contributed by atoms with van der Waals surface area (Å²) in [6.45, 7) is 0. The molecule has 0 aliphatic rings. The number of anilines is 2. The lowest BCUT2D eigenvalue weighted by molar-refractivity contribution is -0.137. The maximum absolute atomic E-state index is 12.1. The van der Waals surface area contributed by atoms with Crippen LogP contribution in [0.3, 0.4) is 0 Å². The summed E-state index contributed by atoms with van der Waals surface area (Å²) in [6, 6.07) is 7.73. The molecule has 0 saturated carbocycles. The number of aliphatic carboxylic acids is 1. The fourth-order valence-electron chi connectivity index (χ4n) is 2.05. The highest BCUT2D eigenvalue weighted by atomic mass is 35.5. The molecule has 142 valence electrons. The second-order valence-electron chi connectivity index (χ2n) is 5.34. The van der Waals surface area contributed by atoms with Crippen molar-refractivity contribution in [1.29, 1.82) is 0 Å². The average Bonchev–Trinajstić information content (AvgIpc) is 2.62. The number of hydrogen-bond acceptors (Lipinski definition) is 3. The number of carboxylic acid groups (broad SMARTS) is 1. The first-order valence-corrected chi connectivity index (χ1v) is 8.96. The number of amides is 2. The van der Waals surface area contributed by atoms with Crippen molar-refractivity contribution in [2.24, 2.45) is 0 Å². The summed E-state index contributed by atoms with van der Waals surface area (Å²) in [5, 5.41) is 13.4. The van der Waals surface area contributed by atoms with Gasteiger partial charge in [-0.1, -0.05) is 58.5 Å². The Labute approximate surface area is 174 Å². The summed E-state index contributed by atoms with van der Waals surface area (Å²) in [6.07, 6.45) is 0.356. The van der Waals surface area contributed by atoms with E-state index in [1.807, 2.05) is 0 Å². The van der Waals surface area contributed by atoms with Gasteiger partial charge >= 0.3 is 17.8 Å². The Kier molecular flexibility index (Phi) is 7.33. The van der Waals surface area contributed by atoms with E-state index in [1.165, 1.54) is 6.07 Å². The summed E-state index contributed by atoms with van der Waals surface area (Å²) in [4.78, 5) is 34.7. The first-order valence-electron chi connectivity index (χ1n) is 7.45. The molecular weight excluding hydrogens is 438 g/mol. The number of nitrogens with one attached hydrogen (secondary N) is 2. The van der Waals surface area contributed by atoms with Crippen molar-refractivity contribution in [2.45, 2.75) is 12.8 Å². The molecule has 27 heavy (non-hydrogen) atoms. The number of aryl methyl sites for hydroxylation is 1. The SMILES string of the molecule is O=C(O)CCc1ccc(NC(=O)C(=O)Nc2c(Cl)c(Cl)cc(Cl)c2Cl)cc1. The Hall–Kier alpha value is -1.99. The van der Waals surface area contributed by atoms with Gasteiger partial charge < -0.3 is 15.7 Å². The van der Waals surface area contributed by atoms with Crippen molar-refractivity contribution in [2.75, 3.05) is 10.6 Å². The molecule has 0 aliphatic heterocycles. The van der Waals surface area contributed by atoms with E-state index in [4.69, 9.17) is 51.5 Å². The second-order valence-corrected chi connectivity index (χ2v) is 6.91. The molecule has 2 amide bonds. The molecule has 6 nitrogen and oxygen atoms in total. The van der Waals surface area contributed by atoms with Gasteiger partial charge in [0.2, 0.25) is 0 Å². The monoisotopic (exact) mass is 448 g/mol. The Morgan fingerprint density at radius 3 is 1.89 bits per heavy atom. The smallest absolute Gasteiger partial charge is 0.314 e. The van der Waals surface area contributed by atoms with Crippen LogP contribution in [0, 0.1) is 0 Å². The van der Waals surface area contributed by atoms with Crippen LogP contribution in [0.5, 0.6) is 0 Å². The van der Waals surface area contributed by atoms with E-state index in [2.05, 4.69) is 10.6 Å². The molecule has 0 aliphatic carbocycles. The van der Waals surface area contributed by atoms with Crippen molar-refractivity contribution in [3.8, 4) is 0 Å². The van der Waals surface area contributed by atoms with E-state index < -0.39 is 17.8 Å². The molecule has 0 spiro atoms. The van der Waals surface area contributed by atoms with Crippen molar-refractivity contribution in [3.63, 3.8) is 0 Å². The van der Waals surface area contributed by atoms with Crippen LogP contribution in [0.15, 0.2) is 30.3 Å². The van der Waals surface area contributed by atoms with Gasteiger partial charge in [-0.05, 0) is 30.2 Å². The Bertz CT molecular complexity index is 875. The number of benzene rings is 2. The van der Waals surface area contributed by atoms with Crippen molar-refractivity contribution in [3.05, 3.63) is 56.0 Å². The molecule has 0 bridgehead atoms. The predicted molar refractivity (Wildman–Crippen MR) is 106 cm³/mol. The van der Waals surface area contributed by atoms with E-state index in [0.717, 1.165) is 5.56 Å². The third kappa shape index (κ3) is 5.74. The maximum Gasteiger partial charge on any atom is 0.314 e. The molecule has 0 atom stereocenters. The van der Waals surface area contributed by atoms with Crippen LogP contribution < -0.4 is 10.6 Å². The van der Waals surface area contributed by atoms with Crippen molar-refractivity contribution < 1.29 is 19.5 Å². The average molecular weight is 450 g/mol. The molecule has 0 heterocycles. The van der Waals surface area contributed by atoms with Gasteiger partial charge in [-0.2, -0.15) is 0 Å². The quantitative estimate of drug-likeness (QED) is 0.447. The van der Waals surface area contributed by atoms with E-state index in [9.17, 15) is 14.4 Å².